The molecule has 2 rings (SSSR count). The molecule has 2 aromatic rings. The molecule has 0 saturated heterocycles. The molecule has 0 spiro atoms. The van der Waals surface area contributed by atoms with Gasteiger partial charge in [0.05, 0.1) is 5.69 Å². The summed E-state index contributed by atoms with van der Waals surface area (Å²) in [5, 5.41) is 9.58. The molecule has 0 atom stereocenters. The number of halogens is 2. The van der Waals surface area contributed by atoms with Crippen molar-refractivity contribution in [3.05, 3.63) is 54.9 Å². The molecule has 1 aromatic heterocycles. The van der Waals surface area contributed by atoms with Gasteiger partial charge in [-0.2, -0.15) is 4.39 Å². The van der Waals surface area contributed by atoms with Crippen molar-refractivity contribution in [2.45, 2.75) is 6.92 Å². The Morgan fingerprint density at radius 1 is 1.39 bits per heavy atom. The summed E-state index contributed by atoms with van der Waals surface area (Å²) in [6, 6.07) is 4.89. The van der Waals surface area contributed by atoms with Crippen molar-refractivity contribution < 1.29 is 9.50 Å². The van der Waals surface area contributed by atoms with Crippen LogP contribution in [0.2, 0.25) is 0 Å². The van der Waals surface area contributed by atoms with Crippen LogP contribution >= 0.6 is 15.9 Å². The molecular formula is C11H8BrFN2O3. The van der Waals surface area contributed by atoms with Gasteiger partial charge in [-0.1, -0.05) is 22.0 Å². The van der Waals surface area contributed by atoms with Crippen molar-refractivity contribution in [3.8, 4) is 11.6 Å². The lowest BCUT2D eigenvalue weighted by Crippen LogP contribution is -2.31. The van der Waals surface area contributed by atoms with Crippen molar-refractivity contribution in [1.82, 2.24) is 9.55 Å². The third-order valence-corrected chi connectivity index (χ3v) is 3.37. The SMILES string of the molecule is Cc1c(Br)cccc1-n1c(O)c(F)c(=O)[nH]c1=O. The highest BCUT2D eigenvalue weighted by Crippen LogP contribution is 2.24. The van der Waals surface area contributed by atoms with Crippen LogP contribution in [0.15, 0.2) is 32.3 Å². The molecular weight excluding hydrogens is 307 g/mol. The fraction of sp³-hybridized carbons (Fsp3) is 0.0909. The van der Waals surface area contributed by atoms with Crippen LogP contribution in [0.25, 0.3) is 5.69 Å². The average molecular weight is 315 g/mol. The van der Waals surface area contributed by atoms with Crippen LogP contribution in [-0.4, -0.2) is 14.7 Å². The van der Waals surface area contributed by atoms with Crippen molar-refractivity contribution in [1.29, 1.82) is 0 Å². The fourth-order valence-electron chi connectivity index (χ4n) is 1.57. The molecule has 0 bridgehead atoms. The maximum Gasteiger partial charge on any atom is 0.335 e. The summed E-state index contributed by atoms with van der Waals surface area (Å²) in [5.74, 6) is -2.40. The molecule has 0 aliphatic heterocycles. The van der Waals surface area contributed by atoms with E-state index >= 15 is 0 Å². The number of aromatic amines is 1. The Kier molecular flexibility index (Phi) is 3.08. The first kappa shape index (κ1) is 12.6. The Balaban J connectivity index is 2.88. The molecule has 0 amide bonds. The van der Waals surface area contributed by atoms with Crippen LogP contribution in [0.5, 0.6) is 5.88 Å². The smallest absolute Gasteiger partial charge is 0.335 e. The second-order valence-corrected chi connectivity index (χ2v) is 4.47. The zero-order valence-electron chi connectivity index (χ0n) is 9.20. The van der Waals surface area contributed by atoms with E-state index < -0.39 is 22.9 Å². The van der Waals surface area contributed by atoms with Crippen LogP contribution in [0.3, 0.4) is 0 Å². The molecule has 0 radical (unpaired) electrons. The second kappa shape index (κ2) is 4.41. The first-order valence-electron chi connectivity index (χ1n) is 4.92. The van der Waals surface area contributed by atoms with E-state index in [-0.39, 0.29) is 5.69 Å². The summed E-state index contributed by atoms with van der Waals surface area (Å²) >= 11 is 3.26. The molecule has 5 nitrogen and oxygen atoms in total. The lowest BCUT2D eigenvalue weighted by atomic mass is 10.2. The Bertz CT molecular complexity index is 736. The number of hydrogen-bond donors (Lipinski definition) is 2. The summed E-state index contributed by atoms with van der Waals surface area (Å²) in [7, 11) is 0. The highest BCUT2D eigenvalue weighted by molar-refractivity contribution is 9.10. The van der Waals surface area contributed by atoms with Gasteiger partial charge in [-0.25, -0.2) is 9.36 Å². The van der Waals surface area contributed by atoms with E-state index in [1.54, 1.807) is 24.0 Å². The Morgan fingerprint density at radius 2 is 2.06 bits per heavy atom. The number of H-pyrrole nitrogens is 1. The molecule has 18 heavy (non-hydrogen) atoms. The van der Waals surface area contributed by atoms with Crippen LogP contribution < -0.4 is 11.2 Å². The molecule has 0 aliphatic rings. The first-order valence-corrected chi connectivity index (χ1v) is 5.72. The lowest BCUT2D eigenvalue weighted by molar-refractivity contribution is 0.386. The van der Waals surface area contributed by atoms with E-state index in [2.05, 4.69) is 15.9 Å². The number of nitrogens with zero attached hydrogens (tertiary/aromatic N) is 1. The van der Waals surface area contributed by atoms with Gasteiger partial charge in [-0.05, 0) is 24.6 Å². The molecule has 2 N–H and O–H groups in total. The summed E-state index contributed by atoms with van der Waals surface area (Å²) in [5.41, 5.74) is -1.25. The van der Waals surface area contributed by atoms with Crippen molar-refractivity contribution in [3.63, 3.8) is 0 Å². The number of nitrogens with one attached hydrogen (secondary N) is 1. The van der Waals surface area contributed by atoms with Gasteiger partial charge >= 0.3 is 5.69 Å². The highest BCUT2D eigenvalue weighted by Gasteiger charge is 2.16. The molecule has 94 valence electrons. The van der Waals surface area contributed by atoms with Crippen LogP contribution in [-0.2, 0) is 0 Å². The third kappa shape index (κ3) is 1.86. The molecule has 0 aliphatic carbocycles. The number of aromatic hydroxyl groups is 1. The van der Waals surface area contributed by atoms with Crippen LogP contribution in [0.4, 0.5) is 4.39 Å². The van der Waals surface area contributed by atoms with E-state index in [4.69, 9.17) is 0 Å². The normalized spacial score (nSPS) is 10.6. The number of aromatic nitrogens is 2. The van der Waals surface area contributed by atoms with Crippen LogP contribution in [0, 0.1) is 12.7 Å². The van der Waals surface area contributed by atoms with Gasteiger partial charge in [0.15, 0.2) is 0 Å². The van der Waals surface area contributed by atoms with Gasteiger partial charge in [0.25, 0.3) is 5.56 Å². The van der Waals surface area contributed by atoms with Crippen molar-refractivity contribution in [2.24, 2.45) is 0 Å². The Labute approximate surface area is 109 Å². The van der Waals surface area contributed by atoms with E-state index in [0.29, 0.717) is 14.6 Å². The molecule has 0 fully saturated rings. The second-order valence-electron chi connectivity index (χ2n) is 3.62. The summed E-state index contributed by atoms with van der Waals surface area (Å²) in [4.78, 5) is 24.4. The minimum Gasteiger partial charge on any atom is -0.492 e. The monoisotopic (exact) mass is 314 g/mol. The molecule has 0 saturated carbocycles. The van der Waals surface area contributed by atoms with Crippen molar-refractivity contribution in [2.75, 3.05) is 0 Å². The van der Waals surface area contributed by atoms with Gasteiger partial charge in [-0.15, -0.1) is 0 Å². The standard InChI is InChI=1S/C11H8BrFN2O3/c1-5-6(12)3-2-4-7(5)15-10(17)8(13)9(16)14-11(15)18/h2-4,17H,1H3,(H,14,16,18). The third-order valence-electron chi connectivity index (χ3n) is 2.51. The minimum atomic E-state index is -1.39. The summed E-state index contributed by atoms with van der Waals surface area (Å²) in [6.07, 6.45) is 0. The fourth-order valence-corrected chi connectivity index (χ4v) is 1.92. The number of hydrogen-bond acceptors (Lipinski definition) is 3. The summed E-state index contributed by atoms with van der Waals surface area (Å²) in [6.45, 7) is 1.69. The lowest BCUT2D eigenvalue weighted by Gasteiger charge is -2.11. The molecule has 1 aromatic carbocycles. The van der Waals surface area contributed by atoms with Gasteiger partial charge in [0.1, 0.15) is 0 Å². The summed E-state index contributed by atoms with van der Waals surface area (Å²) < 4.78 is 14.7. The predicted molar refractivity (Wildman–Crippen MR) is 66.7 cm³/mol. The quantitative estimate of drug-likeness (QED) is 0.836. The Hall–Kier alpha value is -1.89. The van der Waals surface area contributed by atoms with Gasteiger partial charge in [0, 0.05) is 4.47 Å². The van der Waals surface area contributed by atoms with Gasteiger partial charge in [0.2, 0.25) is 11.7 Å². The van der Waals surface area contributed by atoms with E-state index in [0.717, 1.165) is 0 Å². The van der Waals surface area contributed by atoms with Crippen LogP contribution in [0.1, 0.15) is 5.56 Å². The highest BCUT2D eigenvalue weighted by atomic mass is 79.9. The zero-order chi connectivity index (χ0) is 13.4. The van der Waals surface area contributed by atoms with Gasteiger partial charge < -0.3 is 5.11 Å². The number of benzene rings is 1. The van der Waals surface area contributed by atoms with E-state index in [9.17, 15) is 19.1 Å². The van der Waals surface area contributed by atoms with Gasteiger partial charge in [-0.3, -0.25) is 9.78 Å². The minimum absolute atomic E-state index is 0.280. The molecule has 7 heteroatoms. The predicted octanol–water partition coefficient (Wildman–Crippen LogP) is 1.44. The Morgan fingerprint density at radius 3 is 2.72 bits per heavy atom. The molecule has 0 unspecified atom stereocenters. The zero-order valence-corrected chi connectivity index (χ0v) is 10.8. The topological polar surface area (TPSA) is 75.1 Å². The first-order chi connectivity index (χ1) is 8.43. The largest absolute Gasteiger partial charge is 0.492 e. The van der Waals surface area contributed by atoms with Crippen molar-refractivity contribution >= 4 is 15.9 Å². The molecule has 1 heterocycles. The van der Waals surface area contributed by atoms with E-state index in [1.165, 1.54) is 6.07 Å². The maximum atomic E-state index is 13.3. The average Bonchev–Trinajstić information content (AvgIpc) is 2.32. The maximum absolute atomic E-state index is 13.3. The number of rotatable bonds is 1. The van der Waals surface area contributed by atoms with E-state index in [1.807, 2.05) is 0 Å².